The van der Waals surface area contributed by atoms with Crippen molar-refractivity contribution >= 4 is 22.8 Å². The predicted octanol–water partition coefficient (Wildman–Crippen LogP) is 2.88. The Morgan fingerprint density at radius 1 is 1.32 bits per heavy atom. The Kier molecular flexibility index (Phi) is 3.11. The van der Waals surface area contributed by atoms with Crippen LogP contribution in [0.2, 0.25) is 0 Å². The predicted molar refractivity (Wildman–Crippen MR) is 71.0 cm³/mol. The van der Waals surface area contributed by atoms with Crippen molar-refractivity contribution in [2.75, 3.05) is 5.32 Å². The maximum atomic E-state index is 10.9. The van der Waals surface area contributed by atoms with Crippen LogP contribution < -0.4 is 5.32 Å². The number of carboxylic acid groups (broad SMARTS) is 1. The van der Waals surface area contributed by atoms with E-state index in [1.54, 1.807) is 12.5 Å². The zero-order valence-corrected chi connectivity index (χ0v) is 10.5. The van der Waals surface area contributed by atoms with Gasteiger partial charge in [-0.25, -0.2) is 4.98 Å². The van der Waals surface area contributed by atoms with Gasteiger partial charge in [-0.2, -0.15) is 0 Å². The molecule has 0 aromatic carbocycles. The molecule has 1 aliphatic rings. The van der Waals surface area contributed by atoms with Crippen LogP contribution in [-0.4, -0.2) is 22.1 Å². The molecule has 0 spiro atoms. The molecule has 0 bridgehead atoms. The van der Waals surface area contributed by atoms with Crippen LogP contribution in [0.5, 0.6) is 0 Å². The van der Waals surface area contributed by atoms with Gasteiger partial charge in [-0.05, 0) is 37.8 Å². The van der Waals surface area contributed by atoms with E-state index in [9.17, 15) is 4.79 Å². The molecule has 5 nitrogen and oxygen atoms in total. The molecule has 0 aliphatic heterocycles. The summed E-state index contributed by atoms with van der Waals surface area (Å²) in [5, 5.41) is 13.4. The van der Waals surface area contributed by atoms with E-state index >= 15 is 0 Å². The van der Waals surface area contributed by atoms with Crippen molar-refractivity contribution in [2.24, 2.45) is 5.92 Å². The molecule has 1 fully saturated rings. The lowest BCUT2D eigenvalue weighted by Gasteiger charge is -2.27. The second-order valence-electron chi connectivity index (χ2n) is 5.02. The van der Waals surface area contributed by atoms with Crippen LogP contribution in [0.1, 0.15) is 25.7 Å². The van der Waals surface area contributed by atoms with Gasteiger partial charge in [-0.15, -0.1) is 0 Å². The summed E-state index contributed by atoms with van der Waals surface area (Å²) >= 11 is 0. The highest BCUT2D eigenvalue weighted by atomic mass is 16.4. The average Bonchev–Trinajstić information content (AvgIpc) is 2.89. The Balaban J connectivity index is 1.69. The normalized spacial score (nSPS) is 23.4. The largest absolute Gasteiger partial charge is 0.481 e. The fraction of sp³-hybridized carbons (Fsp3) is 0.429. The van der Waals surface area contributed by atoms with Gasteiger partial charge in [0.05, 0.1) is 17.6 Å². The van der Waals surface area contributed by atoms with Gasteiger partial charge in [-0.3, -0.25) is 4.79 Å². The summed E-state index contributed by atoms with van der Waals surface area (Å²) in [6.07, 6.45) is 6.57. The first kappa shape index (κ1) is 12.0. The minimum absolute atomic E-state index is 0.185. The van der Waals surface area contributed by atoms with Gasteiger partial charge in [0.15, 0.2) is 0 Å². The zero-order chi connectivity index (χ0) is 13.2. The van der Waals surface area contributed by atoms with Gasteiger partial charge < -0.3 is 14.8 Å². The van der Waals surface area contributed by atoms with E-state index < -0.39 is 5.97 Å². The van der Waals surface area contributed by atoms with E-state index in [1.165, 1.54) is 0 Å². The first-order valence-corrected chi connectivity index (χ1v) is 6.55. The second kappa shape index (κ2) is 4.91. The Morgan fingerprint density at radius 3 is 2.84 bits per heavy atom. The number of nitrogens with one attached hydrogen (secondary N) is 1. The van der Waals surface area contributed by atoms with Crippen molar-refractivity contribution < 1.29 is 14.3 Å². The lowest BCUT2D eigenvalue weighted by molar-refractivity contribution is -0.142. The van der Waals surface area contributed by atoms with Gasteiger partial charge in [0, 0.05) is 12.2 Å². The molecule has 1 aliphatic carbocycles. The smallest absolute Gasteiger partial charge is 0.306 e. The van der Waals surface area contributed by atoms with Crippen molar-refractivity contribution in [3.05, 3.63) is 24.6 Å². The molecule has 0 amide bonds. The number of nitrogens with zero attached hydrogens (tertiary/aromatic N) is 1. The summed E-state index contributed by atoms with van der Waals surface area (Å²) in [5.41, 5.74) is 0.816. The molecule has 1 saturated carbocycles. The Labute approximate surface area is 110 Å². The molecule has 100 valence electrons. The minimum atomic E-state index is -0.673. The molecule has 19 heavy (non-hydrogen) atoms. The molecular formula is C14H16N2O3. The van der Waals surface area contributed by atoms with E-state index in [0.29, 0.717) is 6.04 Å². The van der Waals surface area contributed by atoms with E-state index in [0.717, 1.165) is 42.5 Å². The summed E-state index contributed by atoms with van der Waals surface area (Å²) in [4.78, 5) is 15.3. The molecule has 2 heterocycles. The number of carboxylic acids is 1. The van der Waals surface area contributed by atoms with Crippen LogP contribution in [0.3, 0.4) is 0 Å². The van der Waals surface area contributed by atoms with Crippen molar-refractivity contribution in [2.45, 2.75) is 31.7 Å². The molecule has 0 unspecified atom stereocenters. The van der Waals surface area contributed by atoms with Gasteiger partial charge in [0.25, 0.3) is 0 Å². The molecule has 2 N–H and O–H groups in total. The highest BCUT2D eigenvalue weighted by molar-refractivity contribution is 5.87. The third-order valence-electron chi connectivity index (χ3n) is 3.80. The summed E-state index contributed by atoms with van der Waals surface area (Å²) in [6.45, 7) is 0. The van der Waals surface area contributed by atoms with Gasteiger partial charge in [0.1, 0.15) is 11.4 Å². The van der Waals surface area contributed by atoms with E-state index in [2.05, 4.69) is 10.3 Å². The molecule has 3 rings (SSSR count). The molecule has 0 saturated heterocycles. The van der Waals surface area contributed by atoms with Crippen LogP contribution in [0.25, 0.3) is 11.0 Å². The quantitative estimate of drug-likeness (QED) is 0.887. The summed E-state index contributed by atoms with van der Waals surface area (Å²) in [7, 11) is 0. The summed E-state index contributed by atoms with van der Waals surface area (Å²) in [5.74, 6) is -0.0331. The average molecular weight is 260 g/mol. The van der Waals surface area contributed by atoms with Crippen molar-refractivity contribution in [1.82, 2.24) is 4.98 Å². The first-order chi connectivity index (χ1) is 9.24. The van der Waals surface area contributed by atoms with Crippen molar-refractivity contribution in [1.29, 1.82) is 0 Å². The van der Waals surface area contributed by atoms with Crippen molar-refractivity contribution in [3.8, 4) is 0 Å². The number of carbonyl (C=O) groups is 1. The number of anilines is 1. The fourth-order valence-electron chi connectivity index (χ4n) is 2.69. The topological polar surface area (TPSA) is 75.4 Å². The number of furan rings is 1. The number of fused-ring (bicyclic) bond motifs is 1. The maximum absolute atomic E-state index is 10.9. The number of hydrogen-bond acceptors (Lipinski definition) is 4. The first-order valence-electron chi connectivity index (χ1n) is 6.55. The molecular weight excluding hydrogens is 244 g/mol. The van der Waals surface area contributed by atoms with Crippen LogP contribution in [0.15, 0.2) is 29.0 Å². The van der Waals surface area contributed by atoms with E-state index in [-0.39, 0.29) is 5.92 Å². The molecule has 0 atom stereocenters. The number of aliphatic carboxylic acids is 1. The van der Waals surface area contributed by atoms with Gasteiger partial charge >= 0.3 is 5.97 Å². The number of aromatic nitrogens is 1. The SMILES string of the molecule is O=C(O)C1CCC(Nc2nccc3occc23)CC1. The van der Waals surface area contributed by atoms with E-state index in [1.807, 2.05) is 12.1 Å². The number of rotatable bonds is 3. The third-order valence-corrected chi connectivity index (χ3v) is 3.80. The Morgan fingerprint density at radius 2 is 2.11 bits per heavy atom. The minimum Gasteiger partial charge on any atom is -0.481 e. The molecule has 0 radical (unpaired) electrons. The van der Waals surface area contributed by atoms with Gasteiger partial charge in [-0.1, -0.05) is 0 Å². The Hall–Kier alpha value is -2.04. The molecule has 5 heteroatoms. The molecule has 2 aromatic heterocycles. The van der Waals surface area contributed by atoms with Crippen molar-refractivity contribution in [3.63, 3.8) is 0 Å². The zero-order valence-electron chi connectivity index (χ0n) is 10.5. The van der Waals surface area contributed by atoms with E-state index in [4.69, 9.17) is 9.52 Å². The van der Waals surface area contributed by atoms with Crippen LogP contribution in [0, 0.1) is 5.92 Å². The van der Waals surface area contributed by atoms with Crippen LogP contribution >= 0.6 is 0 Å². The summed E-state index contributed by atoms with van der Waals surface area (Å²) < 4.78 is 5.34. The fourth-order valence-corrected chi connectivity index (χ4v) is 2.69. The van der Waals surface area contributed by atoms with Crippen LogP contribution in [0.4, 0.5) is 5.82 Å². The summed E-state index contributed by atoms with van der Waals surface area (Å²) in [6, 6.07) is 4.03. The monoisotopic (exact) mass is 260 g/mol. The second-order valence-corrected chi connectivity index (χ2v) is 5.02. The maximum Gasteiger partial charge on any atom is 0.306 e. The lowest BCUT2D eigenvalue weighted by Crippen LogP contribution is -2.29. The lowest BCUT2D eigenvalue weighted by atomic mass is 9.86. The third kappa shape index (κ3) is 2.41. The molecule has 2 aromatic rings. The highest BCUT2D eigenvalue weighted by Crippen LogP contribution is 2.28. The Bertz CT molecular complexity index is 585. The standard InChI is InChI=1S/C14H16N2O3/c17-14(18)9-1-3-10(4-2-9)16-13-11-6-8-19-12(11)5-7-15-13/h5-10H,1-4H2,(H,15,16)(H,17,18). The highest BCUT2D eigenvalue weighted by Gasteiger charge is 2.26. The van der Waals surface area contributed by atoms with Gasteiger partial charge in [0.2, 0.25) is 0 Å². The number of pyridine rings is 1. The number of hydrogen-bond donors (Lipinski definition) is 2. The van der Waals surface area contributed by atoms with Crippen LogP contribution in [-0.2, 0) is 4.79 Å².